The molecule has 2 rings (SSSR count). The molecule has 1 fully saturated rings. The number of nitrogens with zero attached hydrogens (tertiary/aromatic N) is 1. The quantitative estimate of drug-likeness (QED) is 0.590. The first-order chi connectivity index (χ1) is 8.63. The Bertz CT molecular complexity index is 555. The van der Waals surface area contributed by atoms with E-state index in [2.05, 4.69) is 11.8 Å². The van der Waals surface area contributed by atoms with E-state index >= 15 is 0 Å². The van der Waals surface area contributed by atoms with Crippen molar-refractivity contribution in [2.45, 2.75) is 12.8 Å². The molecule has 18 heavy (non-hydrogen) atoms. The molecule has 0 atom stereocenters. The third-order valence-electron chi connectivity index (χ3n) is 2.56. The maximum Gasteiger partial charge on any atom is 0.234 e. The first kappa shape index (κ1) is 12.3. The van der Waals surface area contributed by atoms with Gasteiger partial charge in [0, 0.05) is 12.8 Å². The zero-order valence-electron chi connectivity index (χ0n) is 9.44. The largest absolute Gasteiger partial charge is 0.384 e. The van der Waals surface area contributed by atoms with Gasteiger partial charge in [0.25, 0.3) is 0 Å². The number of benzene rings is 1. The number of carbonyl (C=O) groups is 2. The van der Waals surface area contributed by atoms with E-state index in [1.165, 1.54) is 12.1 Å². The van der Waals surface area contributed by atoms with E-state index in [0.29, 0.717) is 5.69 Å². The van der Waals surface area contributed by atoms with Gasteiger partial charge in [-0.1, -0.05) is 11.8 Å². The molecular formula is C13H10FNO3. The second kappa shape index (κ2) is 4.98. The average Bonchev–Trinajstić information content (AvgIpc) is 2.68. The number of anilines is 1. The SMILES string of the molecule is O=C1CCC(=O)N1c1ccc(F)c(C#CCO)c1. The van der Waals surface area contributed by atoms with Gasteiger partial charge in [-0.15, -0.1) is 0 Å². The number of rotatable bonds is 1. The van der Waals surface area contributed by atoms with Crippen LogP contribution in [0.3, 0.4) is 0 Å². The predicted molar refractivity (Wildman–Crippen MR) is 62.1 cm³/mol. The minimum Gasteiger partial charge on any atom is -0.384 e. The molecule has 0 unspecified atom stereocenters. The zero-order chi connectivity index (χ0) is 13.1. The van der Waals surface area contributed by atoms with Crippen LogP contribution in [0.25, 0.3) is 0 Å². The highest BCUT2D eigenvalue weighted by atomic mass is 19.1. The van der Waals surface area contributed by atoms with E-state index in [0.717, 1.165) is 11.0 Å². The van der Waals surface area contributed by atoms with Crippen LogP contribution >= 0.6 is 0 Å². The fraction of sp³-hybridized carbons (Fsp3) is 0.231. The number of carbonyl (C=O) groups excluding carboxylic acids is 2. The lowest BCUT2D eigenvalue weighted by atomic mass is 10.2. The van der Waals surface area contributed by atoms with Gasteiger partial charge >= 0.3 is 0 Å². The maximum absolute atomic E-state index is 13.4. The zero-order valence-corrected chi connectivity index (χ0v) is 9.44. The number of aliphatic hydroxyl groups is 1. The van der Waals surface area contributed by atoms with Gasteiger partial charge in [0.05, 0.1) is 11.3 Å². The maximum atomic E-state index is 13.4. The number of aliphatic hydroxyl groups excluding tert-OH is 1. The van der Waals surface area contributed by atoms with Crippen molar-refractivity contribution in [2.24, 2.45) is 0 Å². The lowest BCUT2D eigenvalue weighted by Crippen LogP contribution is -2.28. The van der Waals surface area contributed by atoms with Crippen molar-refractivity contribution >= 4 is 17.5 Å². The summed E-state index contributed by atoms with van der Waals surface area (Å²) in [6, 6.07) is 3.84. The fourth-order valence-corrected chi connectivity index (χ4v) is 1.75. The first-order valence-electron chi connectivity index (χ1n) is 5.38. The Hall–Kier alpha value is -2.19. The molecule has 0 bridgehead atoms. The molecule has 4 nitrogen and oxygen atoms in total. The summed E-state index contributed by atoms with van der Waals surface area (Å²) in [6.45, 7) is -0.384. The molecule has 1 saturated heterocycles. The molecule has 1 aromatic carbocycles. The number of imide groups is 1. The van der Waals surface area contributed by atoms with Crippen LogP contribution in [0.2, 0.25) is 0 Å². The van der Waals surface area contributed by atoms with Crippen molar-refractivity contribution in [3.8, 4) is 11.8 Å². The Kier molecular flexibility index (Phi) is 3.40. The summed E-state index contributed by atoms with van der Waals surface area (Å²) in [4.78, 5) is 24.1. The summed E-state index contributed by atoms with van der Waals surface area (Å²) in [7, 11) is 0. The molecule has 0 aliphatic carbocycles. The summed E-state index contributed by atoms with van der Waals surface area (Å²) >= 11 is 0. The highest BCUT2D eigenvalue weighted by Gasteiger charge is 2.30. The molecule has 1 aliphatic heterocycles. The van der Waals surface area contributed by atoms with Crippen molar-refractivity contribution in [2.75, 3.05) is 11.5 Å². The van der Waals surface area contributed by atoms with Gasteiger partial charge in [-0.25, -0.2) is 4.39 Å². The van der Waals surface area contributed by atoms with Gasteiger partial charge in [0.1, 0.15) is 12.4 Å². The molecule has 92 valence electrons. The van der Waals surface area contributed by atoms with Crippen LogP contribution in [-0.4, -0.2) is 23.5 Å². The van der Waals surface area contributed by atoms with Gasteiger partial charge in [-0.2, -0.15) is 0 Å². The highest BCUT2D eigenvalue weighted by molar-refractivity contribution is 6.19. The standard InChI is InChI=1S/C13H10FNO3/c14-11-4-3-10(8-9(11)2-1-7-16)15-12(17)5-6-13(15)18/h3-4,8,16H,5-7H2. The summed E-state index contributed by atoms with van der Waals surface area (Å²) in [5.74, 6) is 3.60. The number of halogens is 1. The van der Waals surface area contributed by atoms with E-state index < -0.39 is 5.82 Å². The van der Waals surface area contributed by atoms with Crippen LogP contribution in [0.4, 0.5) is 10.1 Å². The van der Waals surface area contributed by atoms with Crippen molar-refractivity contribution in [3.63, 3.8) is 0 Å². The Morgan fingerprint density at radius 1 is 1.28 bits per heavy atom. The van der Waals surface area contributed by atoms with E-state index in [-0.39, 0.29) is 36.8 Å². The number of hydrogen-bond acceptors (Lipinski definition) is 3. The molecule has 0 saturated carbocycles. The monoisotopic (exact) mass is 247 g/mol. The van der Waals surface area contributed by atoms with Gasteiger partial charge in [-0.05, 0) is 18.2 Å². The van der Waals surface area contributed by atoms with Crippen LogP contribution in [0, 0.1) is 17.7 Å². The highest BCUT2D eigenvalue weighted by Crippen LogP contribution is 2.24. The van der Waals surface area contributed by atoms with Crippen molar-refractivity contribution < 1.29 is 19.1 Å². The van der Waals surface area contributed by atoms with Crippen LogP contribution < -0.4 is 4.90 Å². The molecule has 1 aromatic rings. The normalized spacial score (nSPS) is 14.7. The summed E-state index contributed by atoms with van der Waals surface area (Å²) in [5.41, 5.74) is 0.361. The molecule has 2 amide bonds. The Labute approximate surface area is 103 Å². The van der Waals surface area contributed by atoms with Crippen molar-refractivity contribution in [1.29, 1.82) is 0 Å². The second-order valence-electron chi connectivity index (χ2n) is 3.75. The van der Waals surface area contributed by atoms with Gasteiger partial charge in [0.15, 0.2) is 0 Å². The average molecular weight is 247 g/mol. The minimum absolute atomic E-state index is 0.0500. The van der Waals surface area contributed by atoms with Gasteiger partial charge in [0.2, 0.25) is 11.8 Å². The number of amides is 2. The van der Waals surface area contributed by atoms with Gasteiger partial charge in [-0.3, -0.25) is 14.5 Å². The van der Waals surface area contributed by atoms with Crippen molar-refractivity contribution in [1.82, 2.24) is 0 Å². The van der Waals surface area contributed by atoms with E-state index in [9.17, 15) is 14.0 Å². The topological polar surface area (TPSA) is 57.6 Å². The smallest absolute Gasteiger partial charge is 0.234 e. The fourth-order valence-electron chi connectivity index (χ4n) is 1.75. The lowest BCUT2D eigenvalue weighted by molar-refractivity contribution is -0.121. The summed E-state index contributed by atoms with van der Waals surface area (Å²) in [6.07, 6.45) is 0.349. The lowest BCUT2D eigenvalue weighted by Gasteiger charge is -2.14. The number of hydrogen-bond donors (Lipinski definition) is 1. The van der Waals surface area contributed by atoms with Crippen molar-refractivity contribution in [3.05, 3.63) is 29.6 Å². The van der Waals surface area contributed by atoms with Crippen LogP contribution in [-0.2, 0) is 9.59 Å². The molecular weight excluding hydrogens is 237 g/mol. The molecule has 0 radical (unpaired) electrons. The van der Waals surface area contributed by atoms with Crippen LogP contribution in [0.5, 0.6) is 0 Å². The molecule has 0 aromatic heterocycles. The predicted octanol–water partition coefficient (Wildman–Crippen LogP) is 0.823. The van der Waals surface area contributed by atoms with Gasteiger partial charge < -0.3 is 5.11 Å². The molecule has 1 aliphatic rings. The van der Waals surface area contributed by atoms with Crippen LogP contribution in [0.1, 0.15) is 18.4 Å². The third-order valence-corrected chi connectivity index (χ3v) is 2.56. The Balaban J connectivity index is 2.40. The molecule has 1 heterocycles. The first-order valence-corrected chi connectivity index (χ1v) is 5.38. The summed E-state index contributed by atoms with van der Waals surface area (Å²) < 4.78 is 13.4. The Morgan fingerprint density at radius 3 is 2.56 bits per heavy atom. The van der Waals surface area contributed by atoms with Crippen LogP contribution in [0.15, 0.2) is 18.2 Å². The molecule has 1 N–H and O–H groups in total. The van der Waals surface area contributed by atoms with E-state index in [1.807, 2.05) is 0 Å². The second-order valence-corrected chi connectivity index (χ2v) is 3.75. The Morgan fingerprint density at radius 2 is 1.94 bits per heavy atom. The molecule has 5 heteroatoms. The summed E-state index contributed by atoms with van der Waals surface area (Å²) in [5, 5.41) is 8.57. The van der Waals surface area contributed by atoms with E-state index in [1.54, 1.807) is 0 Å². The molecule has 0 spiro atoms. The third kappa shape index (κ3) is 2.24. The van der Waals surface area contributed by atoms with E-state index in [4.69, 9.17) is 5.11 Å². The minimum atomic E-state index is -0.557.